The first-order valence-corrected chi connectivity index (χ1v) is 7.84. The summed E-state index contributed by atoms with van der Waals surface area (Å²) in [5.74, 6) is -0.746. The molecule has 0 saturated heterocycles. The van der Waals surface area contributed by atoms with Crippen LogP contribution >= 0.6 is 11.6 Å². The molecule has 0 aliphatic rings. The third-order valence-corrected chi connectivity index (χ3v) is 4.25. The van der Waals surface area contributed by atoms with Crippen molar-refractivity contribution >= 4 is 40.0 Å². The summed E-state index contributed by atoms with van der Waals surface area (Å²) in [7, 11) is 1.59. The Morgan fingerprint density at radius 3 is 2.77 bits per heavy atom. The number of hydrogen-bond acceptors (Lipinski definition) is 5. The van der Waals surface area contributed by atoms with E-state index in [1.807, 2.05) is 0 Å². The average molecular weight is 377 g/mol. The summed E-state index contributed by atoms with van der Waals surface area (Å²) in [5.41, 5.74) is 6.20. The van der Waals surface area contributed by atoms with Crippen LogP contribution in [0.5, 0.6) is 5.75 Å². The lowest BCUT2D eigenvalue weighted by atomic mass is 10.1. The van der Waals surface area contributed by atoms with Crippen molar-refractivity contribution in [3.63, 3.8) is 0 Å². The van der Waals surface area contributed by atoms with Crippen LogP contribution in [0.3, 0.4) is 0 Å². The number of carbonyl (C=O) groups is 1. The van der Waals surface area contributed by atoms with Crippen molar-refractivity contribution < 1.29 is 13.9 Å². The molecule has 0 saturated carbocycles. The largest absolute Gasteiger partial charge is 0.410 e. The quantitative estimate of drug-likeness (QED) is 0.731. The Labute approximate surface area is 152 Å². The van der Waals surface area contributed by atoms with Gasteiger partial charge in [-0.1, -0.05) is 11.6 Å². The van der Waals surface area contributed by atoms with Crippen LogP contribution in [0.2, 0.25) is 5.02 Å². The molecule has 3 N–H and O–H groups in total. The molecule has 0 spiro atoms. The van der Waals surface area contributed by atoms with E-state index in [9.17, 15) is 14.0 Å². The zero-order chi connectivity index (χ0) is 19.0. The first-order valence-electron chi connectivity index (χ1n) is 7.47. The molecule has 0 aliphatic heterocycles. The molecule has 3 rings (SSSR count). The Morgan fingerprint density at radius 2 is 2.08 bits per heavy atom. The molecule has 0 unspecified atom stereocenters. The average Bonchev–Trinajstić information content (AvgIpc) is 2.59. The van der Waals surface area contributed by atoms with Crippen LogP contribution in [0.4, 0.5) is 20.6 Å². The van der Waals surface area contributed by atoms with Crippen molar-refractivity contribution in [1.82, 2.24) is 9.55 Å². The van der Waals surface area contributed by atoms with Crippen molar-refractivity contribution in [1.29, 1.82) is 0 Å². The minimum absolute atomic E-state index is 0.0842. The Kier molecular flexibility index (Phi) is 4.52. The molecule has 0 atom stereocenters. The highest BCUT2D eigenvalue weighted by molar-refractivity contribution is 6.35. The number of amides is 1. The van der Waals surface area contributed by atoms with Gasteiger partial charge in [0, 0.05) is 12.7 Å². The topological polar surface area (TPSA) is 99.2 Å². The van der Waals surface area contributed by atoms with Gasteiger partial charge in [-0.3, -0.25) is 4.79 Å². The number of nitrogens with two attached hydrogens (primary N) is 1. The molecular weight excluding hydrogens is 363 g/mol. The van der Waals surface area contributed by atoms with Crippen molar-refractivity contribution in [2.24, 2.45) is 12.8 Å². The minimum atomic E-state index is -1.07. The van der Waals surface area contributed by atoms with Crippen LogP contribution in [-0.2, 0) is 7.05 Å². The number of nitrogens with one attached hydrogen (secondary N) is 1. The van der Waals surface area contributed by atoms with E-state index >= 15 is 0 Å². The van der Waals surface area contributed by atoms with Crippen LogP contribution in [-0.4, -0.2) is 15.6 Å². The maximum absolute atomic E-state index is 14.2. The van der Waals surface area contributed by atoms with Crippen molar-refractivity contribution in [3.05, 3.63) is 57.3 Å². The smallest absolute Gasteiger partial charge is 0.409 e. The number of nitrogens with zero attached hydrogens (tertiary/aromatic N) is 2. The molecule has 9 heteroatoms. The molecular formula is C17H14ClFN4O3. The number of benzene rings is 2. The monoisotopic (exact) mass is 376 g/mol. The zero-order valence-electron chi connectivity index (χ0n) is 13.8. The molecule has 1 heterocycles. The molecule has 0 bridgehead atoms. The van der Waals surface area contributed by atoms with Crippen molar-refractivity contribution in [3.8, 4) is 5.75 Å². The number of anilines is 2. The Bertz CT molecular complexity index is 1100. The summed E-state index contributed by atoms with van der Waals surface area (Å²) >= 11 is 6.12. The van der Waals surface area contributed by atoms with Crippen molar-refractivity contribution in [2.45, 2.75) is 6.92 Å². The first-order chi connectivity index (χ1) is 12.3. The van der Waals surface area contributed by atoms with Crippen LogP contribution in [0, 0.1) is 12.7 Å². The molecule has 1 aromatic heterocycles. The minimum Gasteiger partial charge on any atom is -0.409 e. The highest BCUT2D eigenvalue weighted by Crippen LogP contribution is 2.37. The number of aromatic nitrogens is 2. The predicted molar refractivity (Wildman–Crippen MR) is 96.6 cm³/mol. The van der Waals surface area contributed by atoms with E-state index in [0.29, 0.717) is 22.2 Å². The van der Waals surface area contributed by atoms with E-state index in [-0.39, 0.29) is 22.0 Å². The molecule has 2 aromatic carbocycles. The fraction of sp³-hybridized carbons (Fsp3) is 0.118. The van der Waals surface area contributed by atoms with E-state index in [0.717, 1.165) is 6.07 Å². The van der Waals surface area contributed by atoms with Crippen LogP contribution in [0.25, 0.3) is 10.9 Å². The van der Waals surface area contributed by atoms with Gasteiger partial charge in [0.2, 0.25) is 0 Å². The second-order valence-electron chi connectivity index (χ2n) is 5.57. The van der Waals surface area contributed by atoms with Gasteiger partial charge < -0.3 is 20.4 Å². The van der Waals surface area contributed by atoms with Gasteiger partial charge in [-0.15, -0.1) is 0 Å². The predicted octanol–water partition coefficient (Wildman–Crippen LogP) is 3.24. The number of carbonyl (C=O) groups excluding carboxylic acids is 1. The van der Waals surface area contributed by atoms with Gasteiger partial charge >= 0.3 is 6.09 Å². The van der Waals surface area contributed by atoms with E-state index in [4.69, 9.17) is 22.1 Å². The summed E-state index contributed by atoms with van der Waals surface area (Å²) in [6, 6.07) is 5.58. The molecule has 0 fully saturated rings. The number of fused-ring (bicyclic) bond motifs is 1. The van der Waals surface area contributed by atoms with Gasteiger partial charge in [-0.2, -0.15) is 0 Å². The number of halogens is 2. The number of ether oxygens (including phenoxy) is 1. The number of rotatable bonds is 3. The van der Waals surface area contributed by atoms with E-state index < -0.39 is 11.9 Å². The van der Waals surface area contributed by atoms with E-state index in [1.165, 1.54) is 17.0 Å². The lowest BCUT2D eigenvalue weighted by Crippen LogP contribution is -2.18. The first kappa shape index (κ1) is 17.7. The van der Waals surface area contributed by atoms with Gasteiger partial charge in [0.05, 0.1) is 22.9 Å². The number of aryl methyl sites for hydroxylation is 2. The Morgan fingerprint density at radius 1 is 1.35 bits per heavy atom. The molecule has 0 radical (unpaired) electrons. The summed E-state index contributed by atoms with van der Waals surface area (Å²) < 4.78 is 20.4. The zero-order valence-corrected chi connectivity index (χ0v) is 14.6. The Balaban J connectivity index is 2.13. The van der Waals surface area contributed by atoms with Gasteiger partial charge in [-0.05, 0) is 36.8 Å². The highest BCUT2D eigenvalue weighted by atomic mass is 35.5. The Hall–Kier alpha value is -3.13. The maximum Gasteiger partial charge on any atom is 0.410 e. The fourth-order valence-corrected chi connectivity index (χ4v) is 2.80. The second-order valence-corrected chi connectivity index (χ2v) is 5.95. The SMILES string of the molecule is Cc1c(Nc2c(F)ccc(OC(N)=O)c2Cl)ccc2ncn(C)c(=O)c12. The number of primary amides is 1. The van der Waals surface area contributed by atoms with Gasteiger partial charge in [0.1, 0.15) is 10.8 Å². The van der Waals surface area contributed by atoms with E-state index in [1.54, 1.807) is 26.1 Å². The van der Waals surface area contributed by atoms with Crippen molar-refractivity contribution in [2.75, 3.05) is 5.32 Å². The van der Waals surface area contributed by atoms with Crippen LogP contribution < -0.4 is 21.3 Å². The standard InChI is InChI=1S/C17H14ClFN4O3/c1-8-10(4-5-11-13(8)16(24)23(2)7-21-11)22-15-9(19)3-6-12(14(15)18)26-17(20)25/h3-7,22H,1-2H3,(H2,20,25). The molecule has 1 amide bonds. The van der Waals surface area contributed by atoms with Gasteiger partial charge in [0.25, 0.3) is 5.56 Å². The molecule has 134 valence electrons. The lowest BCUT2D eigenvalue weighted by Gasteiger charge is -2.15. The third kappa shape index (κ3) is 3.06. The van der Waals surface area contributed by atoms with Gasteiger partial charge in [-0.25, -0.2) is 14.2 Å². The summed E-state index contributed by atoms with van der Waals surface area (Å²) in [6.07, 6.45) is 0.360. The lowest BCUT2D eigenvalue weighted by molar-refractivity contribution is 0.211. The van der Waals surface area contributed by atoms with E-state index in [2.05, 4.69) is 10.3 Å². The normalized spacial score (nSPS) is 10.8. The van der Waals surface area contributed by atoms with Gasteiger partial charge in [0.15, 0.2) is 5.75 Å². The summed E-state index contributed by atoms with van der Waals surface area (Å²) in [6.45, 7) is 1.71. The van der Waals surface area contributed by atoms with Crippen LogP contribution in [0.1, 0.15) is 5.56 Å². The fourth-order valence-electron chi connectivity index (χ4n) is 2.56. The molecule has 26 heavy (non-hydrogen) atoms. The summed E-state index contributed by atoms with van der Waals surface area (Å²) in [5, 5.41) is 3.10. The second kappa shape index (κ2) is 6.64. The van der Waals surface area contributed by atoms with Crippen LogP contribution in [0.15, 0.2) is 35.4 Å². The molecule has 0 aliphatic carbocycles. The highest BCUT2D eigenvalue weighted by Gasteiger charge is 2.17. The molecule has 3 aromatic rings. The maximum atomic E-state index is 14.2. The third-order valence-electron chi connectivity index (χ3n) is 3.87. The summed E-state index contributed by atoms with van der Waals surface area (Å²) in [4.78, 5) is 27.5. The molecule has 7 nitrogen and oxygen atoms in total. The number of hydrogen-bond donors (Lipinski definition) is 2.